The van der Waals surface area contributed by atoms with Crippen molar-refractivity contribution in [2.75, 3.05) is 4.90 Å². The number of fused-ring (bicyclic) bond motifs is 18. The van der Waals surface area contributed by atoms with Crippen molar-refractivity contribution in [3.8, 4) is 28.4 Å². The second kappa shape index (κ2) is 17.2. The van der Waals surface area contributed by atoms with Gasteiger partial charge >= 0.3 is 0 Å². The van der Waals surface area contributed by atoms with Crippen molar-refractivity contribution < 1.29 is 0 Å². The number of anilines is 2. The fraction of sp³-hybridized carbons (Fsp3) is 0.0256. The molecule has 19 rings (SSSR count). The Bertz CT molecular complexity index is 5390. The number of benzene rings is 12. The number of para-hydroxylation sites is 11. The molecule has 1 unspecified atom stereocenters. The number of allylic oxidation sites excluding steroid dienone is 4. The third kappa shape index (κ3) is 6.13. The second-order valence-electron chi connectivity index (χ2n) is 22.7. The van der Waals surface area contributed by atoms with Crippen LogP contribution in [0.25, 0.3) is 137 Å². The van der Waals surface area contributed by atoms with Crippen LogP contribution in [0.15, 0.2) is 291 Å². The number of aromatic nitrogens is 5. The number of rotatable bonds is 6. The highest BCUT2D eigenvalue weighted by Crippen LogP contribution is 2.53. The fourth-order valence-corrected chi connectivity index (χ4v) is 15.2. The van der Waals surface area contributed by atoms with Gasteiger partial charge in [0.2, 0.25) is 0 Å². The topological polar surface area (TPSA) is 27.9 Å². The van der Waals surface area contributed by atoms with E-state index in [1.165, 1.54) is 92.9 Å². The molecule has 0 amide bonds. The molecular weight excluding hydrogens is 1020 g/mol. The van der Waals surface area contributed by atoms with Gasteiger partial charge < -0.3 is 27.7 Å². The van der Waals surface area contributed by atoms with Crippen LogP contribution in [0.3, 0.4) is 0 Å². The zero-order chi connectivity index (χ0) is 54.7. The Morgan fingerprint density at radius 1 is 0.262 bits per heavy atom. The van der Waals surface area contributed by atoms with Crippen molar-refractivity contribution in [3.63, 3.8) is 0 Å². The minimum absolute atomic E-state index is 0.271. The third-order valence-corrected chi connectivity index (χ3v) is 18.5. The molecule has 0 fully saturated rings. The lowest BCUT2D eigenvalue weighted by molar-refractivity contribution is 0.820. The molecule has 6 heterocycles. The van der Waals surface area contributed by atoms with Crippen molar-refractivity contribution in [1.82, 2.24) is 22.8 Å². The van der Waals surface area contributed by atoms with E-state index < -0.39 is 0 Å². The van der Waals surface area contributed by atoms with Gasteiger partial charge in [-0.05, 0) is 103 Å². The van der Waals surface area contributed by atoms with Crippen LogP contribution in [-0.4, -0.2) is 22.8 Å². The second-order valence-corrected chi connectivity index (χ2v) is 22.7. The lowest BCUT2D eigenvalue weighted by Crippen LogP contribution is -2.15. The highest BCUT2D eigenvalue weighted by Gasteiger charge is 2.36. The molecule has 1 atom stereocenters. The van der Waals surface area contributed by atoms with Gasteiger partial charge in [-0.25, -0.2) is 0 Å². The highest BCUT2D eigenvalue weighted by atomic mass is 15.2. The minimum atomic E-state index is 0.271. The summed E-state index contributed by atoms with van der Waals surface area (Å²) in [5, 5.41) is 12.1. The smallest absolute Gasteiger partial charge is 0.0782 e. The SMILES string of the molecule is C1=CCC2C(=C1)N(c1cccc3c4ccccc4n(-c4cc(-n5c6ccccc6c6cccc(-n7c8ccccc8c8ccccc87)c65)cc(-n5c6ccccc6c6cccc(-n7c8ccccc8c8ccccc87)c65)c4)c13)c1ccccc12. The molecule has 0 saturated heterocycles. The molecule has 1 aliphatic heterocycles. The lowest BCUT2D eigenvalue weighted by atomic mass is 9.92. The molecule has 12 aromatic carbocycles. The Morgan fingerprint density at radius 3 is 0.964 bits per heavy atom. The Hall–Kier alpha value is -11.1. The van der Waals surface area contributed by atoms with E-state index in [-0.39, 0.29) is 5.92 Å². The lowest BCUT2D eigenvalue weighted by Gasteiger charge is -2.26. The predicted molar refractivity (Wildman–Crippen MR) is 351 cm³/mol. The summed E-state index contributed by atoms with van der Waals surface area (Å²) in [5.74, 6) is 0.271. The highest BCUT2D eigenvalue weighted by molar-refractivity contribution is 6.18. The van der Waals surface area contributed by atoms with E-state index in [0.29, 0.717) is 0 Å². The Kier molecular flexibility index (Phi) is 9.36. The van der Waals surface area contributed by atoms with Crippen LogP contribution in [0.5, 0.6) is 0 Å². The van der Waals surface area contributed by atoms with Crippen LogP contribution in [0.1, 0.15) is 17.9 Å². The first kappa shape index (κ1) is 45.6. The van der Waals surface area contributed by atoms with Crippen molar-refractivity contribution >= 4 is 120 Å². The van der Waals surface area contributed by atoms with E-state index in [2.05, 4.69) is 313 Å². The first-order valence-corrected chi connectivity index (χ1v) is 29.2. The summed E-state index contributed by atoms with van der Waals surface area (Å²) in [5.41, 5.74) is 22.0. The molecular formula is C78H50N6. The van der Waals surface area contributed by atoms with Gasteiger partial charge in [-0.1, -0.05) is 194 Å². The molecule has 0 saturated carbocycles. The molecule has 392 valence electrons. The van der Waals surface area contributed by atoms with Crippen LogP contribution < -0.4 is 4.90 Å². The molecule has 17 aromatic rings. The Morgan fingerprint density at radius 2 is 0.560 bits per heavy atom. The van der Waals surface area contributed by atoms with Gasteiger partial charge in [-0.2, -0.15) is 0 Å². The summed E-state index contributed by atoms with van der Waals surface area (Å²) in [6, 6.07) is 99.6. The average Bonchev–Trinajstić information content (AvgIpc) is 2.11. The number of hydrogen-bond donors (Lipinski definition) is 0. The molecule has 84 heavy (non-hydrogen) atoms. The molecule has 0 radical (unpaired) electrons. The quantitative estimate of drug-likeness (QED) is 0.163. The van der Waals surface area contributed by atoms with Crippen molar-refractivity contribution in [2.45, 2.75) is 12.3 Å². The summed E-state index contributed by atoms with van der Waals surface area (Å²) in [6.07, 6.45) is 7.87. The molecule has 6 nitrogen and oxygen atoms in total. The van der Waals surface area contributed by atoms with Gasteiger partial charge in [0, 0.05) is 71.2 Å². The van der Waals surface area contributed by atoms with Gasteiger partial charge in [0.05, 0.1) is 89.3 Å². The summed E-state index contributed by atoms with van der Waals surface area (Å²) < 4.78 is 12.7. The van der Waals surface area contributed by atoms with Crippen LogP contribution >= 0.6 is 0 Å². The predicted octanol–water partition coefficient (Wildman–Crippen LogP) is 20.3. The maximum absolute atomic E-state index is 2.58. The first-order chi connectivity index (χ1) is 41.7. The summed E-state index contributed by atoms with van der Waals surface area (Å²) in [4.78, 5) is 2.56. The minimum Gasteiger partial charge on any atom is -0.311 e. The normalized spacial score (nSPS) is 14.3. The molecule has 0 N–H and O–H groups in total. The molecule has 2 aliphatic rings. The van der Waals surface area contributed by atoms with Crippen LogP contribution in [-0.2, 0) is 0 Å². The van der Waals surface area contributed by atoms with E-state index in [1.54, 1.807) is 0 Å². The molecule has 5 aromatic heterocycles. The van der Waals surface area contributed by atoms with Gasteiger partial charge in [0.1, 0.15) is 0 Å². The van der Waals surface area contributed by atoms with Crippen molar-refractivity contribution in [3.05, 3.63) is 296 Å². The molecule has 1 aliphatic carbocycles. The first-order valence-electron chi connectivity index (χ1n) is 29.2. The van der Waals surface area contributed by atoms with Crippen LogP contribution in [0.2, 0.25) is 0 Å². The number of hydrogen-bond acceptors (Lipinski definition) is 1. The molecule has 0 bridgehead atoms. The molecule has 0 spiro atoms. The Balaban J connectivity index is 0.984. The third-order valence-electron chi connectivity index (χ3n) is 18.5. The van der Waals surface area contributed by atoms with Crippen LogP contribution in [0.4, 0.5) is 11.4 Å². The van der Waals surface area contributed by atoms with Crippen LogP contribution in [0, 0.1) is 0 Å². The van der Waals surface area contributed by atoms with E-state index in [9.17, 15) is 0 Å². The summed E-state index contributed by atoms with van der Waals surface area (Å²) in [7, 11) is 0. The largest absolute Gasteiger partial charge is 0.311 e. The van der Waals surface area contributed by atoms with E-state index in [0.717, 1.165) is 73.6 Å². The van der Waals surface area contributed by atoms with Gasteiger partial charge in [-0.15, -0.1) is 0 Å². The zero-order valence-electron chi connectivity index (χ0n) is 45.6. The maximum Gasteiger partial charge on any atom is 0.0782 e. The average molecular weight is 1070 g/mol. The molecule has 6 heteroatoms. The van der Waals surface area contributed by atoms with Gasteiger partial charge in [-0.3, -0.25) is 0 Å². The van der Waals surface area contributed by atoms with E-state index >= 15 is 0 Å². The standard InChI is InChI=1S/C78H50N6/c1-13-37-67-52(22-1)53-23-2-14-38-68(53)82(67)73-43-19-31-61-58-28-7-10-34-64(58)79(76(61)73)49-46-50(80-65-35-11-8-29-59(65)62-32-20-44-74(77(62)80)83-69-39-15-3-24-54(69)55-25-4-16-40-70(55)83)48-51(47-49)81-66-36-12-9-30-60(66)63-33-21-45-75(78(63)81)84-71-41-17-5-26-56(71)57-27-6-18-42-72(57)84/h1-26,28-48,57H,27H2. The maximum atomic E-state index is 2.58. The zero-order valence-corrected chi connectivity index (χ0v) is 45.6. The summed E-state index contributed by atoms with van der Waals surface area (Å²) >= 11 is 0. The fourth-order valence-electron chi connectivity index (χ4n) is 15.2. The monoisotopic (exact) mass is 1070 g/mol. The van der Waals surface area contributed by atoms with E-state index in [1.807, 2.05) is 0 Å². The number of nitrogens with zero attached hydrogens (tertiary/aromatic N) is 6. The van der Waals surface area contributed by atoms with E-state index in [4.69, 9.17) is 0 Å². The van der Waals surface area contributed by atoms with Crippen molar-refractivity contribution in [1.29, 1.82) is 0 Å². The Labute approximate surface area is 482 Å². The van der Waals surface area contributed by atoms with Gasteiger partial charge in [0.15, 0.2) is 0 Å². The summed E-state index contributed by atoms with van der Waals surface area (Å²) in [6.45, 7) is 0. The van der Waals surface area contributed by atoms with Gasteiger partial charge in [0.25, 0.3) is 0 Å². The van der Waals surface area contributed by atoms with Crippen molar-refractivity contribution in [2.24, 2.45) is 0 Å².